The van der Waals surface area contributed by atoms with Gasteiger partial charge in [-0.25, -0.2) is 4.39 Å². The summed E-state index contributed by atoms with van der Waals surface area (Å²) in [7, 11) is 0. The maximum atomic E-state index is 13.8. The Morgan fingerprint density at radius 3 is 2.96 bits per heavy atom. The fourth-order valence-electron chi connectivity index (χ4n) is 3.32. The van der Waals surface area contributed by atoms with Crippen LogP contribution in [0.3, 0.4) is 0 Å². The summed E-state index contributed by atoms with van der Waals surface area (Å²) in [6.45, 7) is 3.02. The molecule has 2 aliphatic rings. The van der Waals surface area contributed by atoms with Gasteiger partial charge in [0, 0.05) is 32.2 Å². The van der Waals surface area contributed by atoms with E-state index in [0.29, 0.717) is 26.3 Å². The molecule has 2 heterocycles. The van der Waals surface area contributed by atoms with E-state index in [0.717, 1.165) is 31.4 Å². The number of benzene rings is 1. The van der Waals surface area contributed by atoms with Gasteiger partial charge in [0.15, 0.2) is 0 Å². The second-order valence-electron chi connectivity index (χ2n) is 6.53. The molecule has 1 amide bonds. The van der Waals surface area contributed by atoms with Gasteiger partial charge in [-0.15, -0.1) is 0 Å². The Kier molecular flexibility index (Phi) is 6.64. The molecule has 2 saturated heterocycles. The van der Waals surface area contributed by atoms with E-state index in [4.69, 9.17) is 21.1 Å². The van der Waals surface area contributed by atoms with Gasteiger partial charge < -0.3 is 20.1 Å². The Morgan fingerprint density at radius 2 is 2.20 bits per heavy atom. The third-order valence-corrected chi connectivity index (χ3v) is 5.00. The van der Waals surface area contributed by atoms with E-state index in [1.165, 1.54) is 6.07 Å². The van der Waals surface area contributed by atoms with Crippen LogP contribution in [0.1, 0.15) is 30.9 Å². The highest BCUT2D eigenvalue weighted by Crippen LogP contribution is 2.29. The number of nitrogens with one attached hydrogen (secondary N) is 2. The lowest BCUT2D eigenvalue weighted by atomic mass is 9.95. The number of hydrogen-bond donors (Lipinski definition) is 2. The van der Waals surface area contributed by atoms with Crippen molar-refractivity contribution >= 4 is 17.5 Å². The third-order valence-electron chi connectivity index (χ3n) is 4.69. The molecular formula is C18H24ClFN2O3. The second kappa shape index (κ2) is 8.94. The standard InChI is InChI=1S/C18H24ClFN2O3/c19-14-5-4-12(9-15(14)20)17-13(10-21-6-8-25-17)11-22-18(23)16-3-1-2-7-24-16/h4-5,9,13,16-17,21H,1-3,6-8,10-11H2,(H,22,23)/t13-,16?,17-/m0/s1. The van der Waals surface area contributed by atoms with E-state index in [2.05, 4.69) is 10.6 Å². The van der Waals surface area contributed by atoms with Gasteiger partial charge >= 0.3 is 0 Å². The summed E-state index contributed by atoms with van der Waals surface area (Å²) in [5.74, 6) is -0.543. The van der Waals surface area contributed by atoms with E-state index < -0.39 is 5.82 Å². The van der Waals surface area contributed by atoms with Gasteiger partial charge in [0.2, 0.25) is 5.91 Å². The fourth-order valence-corrected chi connectivity index (χ4v) is 3.44. The van der Waals surface area contributed by atoms with Crippen LogP contribution < -0.4 is 10.6 Å². The van der Waals surface area contributed by atoms with Gasteiger partial charge in [0.05, 0.1) is 17.7 Å². The zero-order valence-corrected chi connectivity index (χ0v) is 14.9. The zero-order chi connectivity index (χ0) is 17.6. The van der Waals surface area contributed by atoms with Crippen LogP contribution in [0.5, 0.6) is 0 Å². The highest BCUT2D eigenvalue weighted by atomic mass is 35.5. The SMILES string of the molecule is O=C(NC[C@@H]1CNCCO[C@H]1c1ccc(Cl)c(F)c1)C1CCCCO1. The summed E-state index contributed by atoms with van der Waals surface area (Å²) in [6, 6.07) is 4.73. The van der Waals surface area contributed by atoms with Crippen LogP contribution in [0.25, 0.3) is 0 Å². The van der Waals surface area contributed by atoms with Gasteiger partial charge in [-0.1, -0.05) is 17.7 Å². The van der Waals surface area contributed by atoms with Crippen molar-refractivity contribution in [1.29, 1.82) is 0 Å². The van der Waals surface area contributed by atoms with Crippen molar-refractivity contribution < 1.29 is 18.7 Å². The summed E-state index contributed by atoms with van der Waals surface area (Å²) in [6.07, 6.45) is 2.12. The van der Waals surface area contributed by atoms with Crippen LogP contribution in [0.4, 0.5) is 4.39 Å². The molecule has 1 aromatic rings. The number of halogens is 2. The summed E-state index contributed by atoms with van der Waals surface area (Å²) < 4.78 is 25.3. The molecule has 5 nitrogen and oxygen atoms in total. The maximum Gasteiger partial charge on any atom is 0.249 e. The molecular weight excluding hydrogens is 347 g/mol. The normalized spacial score (nSPS) is 27.5. The third kappa shape index (κ3) is 4.91. The molecule has 2 fully saturated rings. The largest absolute Gasteiger partial charge is 0.372 e. The molecule has 2 aliphatic heterocycles. The first-order valence-corrected chi connectivity index (χ1v) is 9.19. The monoisotopic (exact) mass is 370 g/mol. The minimum Gasteiger partial charge on any atom is -0.372 e. The maximum absolute atomic E-state index is 13.8. The number of carbonyl (C=O) groups excluding carboxylic acids is 1. The number of ether oxygens (including phenoxy) is 2. The van der Waals surface area contributed by atoms with Gasteiger partial charge in [-0.2, -0.15) is 0 Å². The molecule has 0 saturated carbocycles. The summed E-state index contributed by atoms with van der Waals surface area (Å²) >= 11 is 5.78. The molecule has 3 rings (SSSR count). The fraction of sp³-hybridized carbons (Fsp3) is 0.611. The Bertz CT molecular complexity index is 596. The molecule has 0 bridgehead atoms. The topological polar surface area (TPSA) is 59.6 Å². The van der Waals surface area contributed by atoms with Crippen molar-refractivity contribution in [3.63, 3.8) is 0 Å². The van der Waals surface area contributed by atoms with Gasteiger partial charge in [-0.05, 0) is 37.0 Å². The average Bonchev–Trinajstić information content (AvgIpc) is 2.88. The zero-order valence-electron chi connectivity index (χ0n) is 14.1. The van der Waals surface area contributed by atoms with E-state index in [1.807, 2.05) is 0 Å². The first kappa shape index (κ1) is 18.6. The van der Waals surface area contributed by atoms with E-state index >= 15 is 0 Å². The minimum absolute atomic E-state index is 0.00406. The number of hydrogen-bond acceptors (Lipinski definition) is 4. The molecule has 0 spiro atoms. The second-order valence-corrected chi connectivity index (χ2v) is 6.94. The van der Waals surface area contributed by atoms with Crippen LogP contribution in [0, 0.1) is 11.7 Å². The predicted octanol–water partition coefficient (Wildman–Crippen LogP) is 2.44. The van der Waals surface area contributed by atoms with E-state index in [9.17, 15) is 9.18 Å². The molecule has 1 unspecified atom stereocenters. The average molecular weight is 371 g/mol. The Balaban J connectivity index is 1.65. The van der Waals surface area contributed by atoms with Crippen LogP contribution in [-0.2, 0) is 14.3 Å². The molecule has 2 N–H and O–H groups in total. The lowest BCUT2D eigenvalue weighted by Crippen LogP contribution is -2.43. The van der Waals surface area contributed by atoms with Crippen molar-refractivity contribution in [3.05, 3.63) is 34.6 Å². The molecule has 0 radical (unpaired) electrons. The summed E-state index contributed by atoms with van der Waals surface area (Å²) in [4.78, 5) is 12.3. The van der Waals surface area contributed by atoms with Crippen LogP contribution in [-0.4, -0.2) is 44.9 Å². The molecule has 25 heavy (non-hydrogen) atoms. The summed E-state index contributed by atoms with van der Waals surface area (Å²) in [5, 5.41) is 6.36. The number of rotatable bonds is 4. The van der Waals surface area contributed by atoms with E-state index in [1.54, 1.807) is 12.1 Å². The molecule has 138 valence electrons. The number of amides is 1. The van der Waals surface area contributed by atoms with Crippen molar-refractivity contribution in [2.24, 2.45) is 5.92 Å². The molecule has 3 atom stereocenters. The van der Waals surface area contributed by atoms with Gasteiger partial charge in [0.25, 0.3) is 0 Å². The Morgan fingerprint density at radius 1 is 1.32 bits per heavy atom. The van der Waals surface area contributed by atoms with Crippen molar-refractivity contribution in [1.82, 2.24) is 10.6 Å². The van der Waals surface area contributed by atoms with Crippen molar-refractivity contribution in [3.8, 4) is 0 Å². The lowest BCUT2D eigenvalue weighted by Gasteiger charge is -2.27. The van der Waals surface area contributed by atoms with Crippen LogP contribution in [0.15, 0.2) is 18.2 Å². The van der Waals surface area contributed by atoms with Crippen LogP contribution >= 0.6 is 11.6 Å². The van der Waals surface area contributed by atoms with E-state index in [-0.39, 0.29) is 29.1 Å². The Labute approximate surface area is 152 Å². The number of carbonyl (C=O) groups is 1. The summed E-state index contributed by atoms with van der Waals surface area (Å²) in [5.41, 5.74) is 0.735. The molecule has 0 aliphatic carbocycles. The predicted molar refractivity (Wildman–Crippen MR) is 93.1 cm³/mol. The first-order valence-electron chi connectivity index (χ1n) is 8.81. The lowest BCUT2D eigenvalue weighted by molar-refractivity contribution is -0.135. The highest BCUT2D eigenvalue weighted by Gasteiger charge is 2.29. The smallest absolute Gasteiger partial charge is 0.249 e. The molecule has 7 heteroatoms. The van der Waals surface area contributed by atoms with Crippen molar-refractivity contribution in [2.45, 2.75) is 31.5 Å². The Hall–Kier alpha value is -1.21. The minimum atomic E-state index is -0.460. The van der Waals surface area contributed by atoms with Gasteiger partial charge in [-0.3, -0.25) is 4.79 Å². The quantitative estimate of drug-likeness (QED) is 0.854. The van der Waals surface area contributed by atoms with Crippen LogP contribution in [0.2, 0.25) is 5.02 Å². The van der Waals surface area contributed by atoms with Gasteiger partial charge in [0.1, 0.15) is 11.9 Å². The molecule has 1 aromatic carbocycles. The highest BCUT2D eigenvalue weighted by molar-refractivity contribution is 6.30. The molecule has 0 aromatic heterocycles. The van der Waals surface area contributed by atoms with Crippen molar-refractivity contribution in [2.75, 3.05) is 32.8 Å². The first-order chi connectivity index (χ1) is 12.1.